The van der Waals surface area contributed by atoms with Crippen LogP contribution in [0.15, 0.2) is 42.5 Å². The van der Waals surface area contributed by atoms with E-state index in [2.05, 4.69) is 10.3 Å². The summed E-state index contributed by atoms with van der Waals surface area (Å²) in [5, 5.41) is 2.59. The molecule has 0 unspecified atom stereocenters. The highest BCUT2D eigenvalue weighted by molar-refractivity contribution is 6.05. The van der Waals surface area contributed by atoms with Gasteiger partial charge in [0, 0.05) is 11.8 Å². The average Bonchev–Trinajstić information content (AvgIpc) is 2.60. The normalized spacial score (nSPS) is 11.4. The number of benzene rings is 1. The number of pyridine rings is 1. The van der Waals surface area contributed by atoms with Crippen molar-refractivity contribution < 1.29 is 27.5 Å². The zero-order valence-electron chi connectivity index (χ0n) is 14.6. The number of nitrogens with one attached hydrogen (secondary N) is 1. The van der Waals surface area contributed by atoms with Crippen molar-refractivity contribution in [1.29, 1.82) is 0 Å². The number of amides is 1. The molecule has 2 rings (SSSR count). The molecule has 0 aliphatic heterocycles. The predicted octanol–water partition coefficient (Wildman–Crippen LogP) is 4.24. The van der Waals surface area contributed by atoms with Crippen LogP contribution < -0.4 is 5.32 Å². The van der Waals surface area contributed by atoms with E-state index < -0.39 is 23.7 Å². The van der Waals surface area contributed by atoms with Crippen LogP contribution in [-0.4, -0.2) is 23.5 Å². The number of anilines is 1. The summed E-state index contributed by atoms with van der Waals surface area (Å²) in [6, 6.07) is 8.42. The lowest BCUT2D eigenvalue weighted by Crippen LogP contribution is -2.16. The van der Waals surface area contributed by atoms with Crippen molar-refractivity contribution >= 4 is 23.6 Å². The first-order chi connectivity index (χ1) is 12.7. The molecule has 5 nitrogen and oxygen atoms in total. The van der Waals surface area contributed by atoms with Gasteiger partial charge in [-0.15, -0.1) is 0 Å². The molecule has 8 heteroatoms. The van der Waals surface area contributed by atoms with Gasteiger partial charge in [0.15, 0.2) is 0 Å². The molecule has 0 radical (unpaired) electrons. The van der Waals surface area contributed by atoms with E-state index in [0.717, 1.165) is 12.1 Å². The van der Waals surface area contributed by atoms with Crippen LogP contribution in [0, 0.1) is 6.92 Å². The van der Waals surface area contributed by atoms with Crippen LogP contribution in [0.2, 0.25) is 0 Å². The standard InChI is InChI=1S/C19H17F3N2O3/c1-3-27-17(25)11-6-13-4-7-14(8-5-13)24-18(26)15-9-10-16(19(20,21)22)23-12(15)2/h4-11H,3H2,1-2H3,(H,24,26)/b11-6+. The van der Waals surface area contributed by atoms with Crippen LogP contribution in [0.4, 0.5) is 18.9 Å². The third kappa shape index (κ3) is 5.67. The number of hydrogen-bond acceptors (Lipinski definition) is 4. The van der Waals surface area contributed by atoms with E-state index >= 15 is 0 Å². The van der Waals surface area contributed by atoms with Gasteiger partial charge >= 0.3 is 12.1 Å². The maximum absolute atomic E-state index is 12.6. The lowest BCUT2D eigenvalue weighted by atomic mass is 10.1. The Morgan fingerprint density at radius 1 is 1.15 bits per heavy atom. The van der Waals surface area contributed by atoms with Gasteiger partial charge in [0.2, 0.25) is 0 Å². The molecule has 0 atom stereocenters. The number of esters is 1. The average molecular weight is 378 g/mol. The Balaban J connectivity index is 2.07. The minimum atomic E-state index is -4.56. The Labute approximate surface area is 153 Å². The first-order valence-electron chi connectivity index (χ1n) is 8.02. The van der Waals surface area contributed by atoms with Gasteiger partial charge in [0.25, 0.3) is 5.91 Å². The fourth-order valence-corrected chi connectivity index (χ4v) is 2.19. The van der Waals surface area contributed by atoms with Crippen molar-refractivity contribution in [2.24, 2.45) is 0 Å². The highest BCUT2D eigenvalue weighted by Gasteiger charge is 2.33. The molecular weight excluding hydrogens is 361 g/mol. The summed E-state index contributed by atoms with van der Waals surface area (Å²) < 4.78 is 42.7. The maximum atomic E-state index is 12.6. The number of carbonyl (C=O) groups is 2. The molecule has 0 fully saturated rings. The molecule has 1 aromatic heterocycles. The number of rotatable bonds is 5. The third-order valence-corrected chi connectivity index (χ3v) is 3.49. The van der Waals surface area contributed by atoms with Gasteiger partial charge in [-0.2, -0.15) is 13.2 Å². The smallest absolute Gasteiger partial charge is 0.433 e. The molecular formula is C19H17F3N2O3. The summed E-state index contributed by atoms with van der Waals surface area (Å²) in [4.78, 5) is 27.0. The van der Waals surface area contributed by atoms with Crippen LogP contribution in [-0.2, 0) is 15.7 Å². The minimum Gasteiger partial charge on any atom is -0.463 e. The highest BCUT2D eigenvalue weighted by atomic mass is 19.4. The van der Waals surface area contributed by atoms with Gasteiger partial charge in [-0.25, -0.2) is 9.78 Å². The number of nitrogens with zero attached hydrogens (tertiary/aromatic N) is 1. The second-order valence-electron chi connectivity index (χ2n) is 5.49. The molecule has 1 aromatic carbocycles. The summed E-state index contributed by atoms with van der Waals surface area (Å²) in [5.74, 6) is -1.02. The van der Waals surface area contributed by atoms with Crippen LogP contribution in [0.25, 0.3) is 6.08 Å². The molecule has 0 aliphatic carbocycles. The van der Waals surface area contributed by atoms with Gasteiger partial charge in [0.05, 0.1) is 17.9 Å². The van der Waals surface area contributed by atoms with Gasteiger partial charge < -0.3 is 10.1 Å². The lowest BCUT2D eigenvalue weighted by molar-refractivity contribution is -0.141. The molecule has 1 amide bonds. The summed E-state index contributed by atoms with van der Waals surface area (Å²) in [5.41, 5.74) is 0.154. The zero-order valence-corrected chi connectivity index (χ0v) is 14.6. The van der Waals surface area contributed by atoms with E-state index in [4.69, 9.17) is 4.74 Å². The van der Waals surface area contributed by atoms with Crippen LogP contribution >= 0.6 is 0 Å². The minimum absolute atomic E-state index is 0.0173. The predicted molar refractivity (Wildman–Crippen MR) is 94.0 cm³/mol. The SMILES string of the molecule is CCOC(=O)/C=C/c1ccc(NC(=O)c2ccc(C(F)(F)F)nc2C)cc1. The van der Waals surface area contributed by atoms with Crippen LogP contribution in [0.3, 0.4) is 0 Å². The maximum Gasteiger partial charge on any atom is 0.433 e. The highest BCUT2D eigenvalue weighted by Crippen LogP contribution is 2.28. The number of carbonyl (C=O) groups excluding carboxylic acids is 2. The fourth-order valence-electron chi connectivity index (χ4n) is 2.19. The van der Waals surface area contributed by atoms with Gasteiger partial charge in [-0.3, -0.25) is 4.79 Å². The monoisotopic (exact) mass is 378 g/mol. The Bertz CT molecular complexity index is 859. The van der Waals surface area contributed by atoms with Crippen molar-refractivity contribution in [3.8, 4) is 0 Å². The van der Waals surface area contributed by atoms with Crippen LogP contribution in [0.5, 0.6) is 0 Å². The van der Waals surface area contributed by atoms with E-state index in [1.165, 1.54) is 13.0 Å². The van der Waals surface area contributed by atoms with E-state index in [1.807, 2.05) is 0 Å². The van der Waals surface area contributed by atoms with E-state index in [0.29, 0.717) is 11.3 Å². The Morgan fingerprint density at radius 2 is 1.81 bits per heavy atom. The van der Waals surface area contributed by atoms with Crippen LogP contribution in [0.1, 0.15) is 34.2 Å². The van der Waals surface area contributed by atoms with E-state index in [-0.39, 0.29) is 17.9 Å². The zero-order chi connectivity index (χ0) is 20.0. The Morgan fingerprint density at radius 3 is 2.37 bits per heavy atom. The molecule has 1 heterocycles. The van der Waals surface area contributed by atoms with Crippen molar-refractivity contribution in [3.05, 3.63) is 65.0 Å². The first kappa shape index (κ1) is 20.2. The summed E-state index contributed by atoms with van der Waals surface area (Å²) >= 11 is 0. The van der Waals surface area contributed by atoms with Crippen molar-refractivity contribution in [2.45, 2.75) is 20.0 Å². The number of hydrogen-bond donors (Lipinski definition) is 1. The number of alkyl halides is 3. The largest absolute Gasteiger partial charge is 0.463 e. The molecule has 0 aliphatic rings. The number of aromatic nitrogens is 1. The van der Waals surface area contributed by atoms with Crippen molar-refractivity contribution in [1.82, 2.24) is 4.98 Å². The summed E-state index contributed by atoms with van der Waals surface area (Å²) in [6.07, 6.45) is -1.71. The molecule has 142 valence electrons. The second kappa shape index (κ2) is 8.48. The lowest BCUT2D eigenvalue weighted by Gasteiger charge is -2.10. The third-order valence-electron chi connectivity index (χ3n) is 3.49. The number of ether oxygens (including phenoxy) is 1. The second-order valence-corrected chi connectivity index (χ2v) is 5.49. The quantitative estimate of drug-likeness (QED) is 0.624. The number of halogens is 3. The van der Waals surface area contributed by atoms with Gasteiger partial charge in [-0.1, -0.05) is 12.1 Å². The van der Waals surface area contributed by atoms with Crippen molar-refractivity contribution in [3.63, 3.8) is 0 Å². The Kier molecular flexibility index (Phi) is 6.33. The molecule has 0 saturated carbocycles. The molecule has 0 bridgehead atoms. The number of aryl methyl sites for hydroxylation is 1. The molecule has 0 spiro atoms. The van der Waals surface area contributed by atoms with Gasteiger partial charge in [-0.05, 0) is 49.8 Å². The van der Waals surface area contributed by atoms with E-state index in [1.54, 1.807) is 37.3 Å². The van der Waals surface area contributed by atoms with Crippen molar-refractivity contribution in [2.75, 3.05) is 11.9 Å². The van der Waals surface area contributed by atoms with E-state index in [9.17, 15) is 22.8 Å². The summed E-state index contributed by atoms with van der Waals surface area (Å²) in [7, 11) is 0. The molecule has 0 saturated heterocycles. The molecule has 27 heavy (non-hydrogen) atoms. The topological polar surface area (TPSA) is 68.3 Å². The fraction of sp³-hybridized carbons (Fsp3) is 0.211. The van der Waals surface area contributed by atoms with Gasteiger partial charge in [0.1, 0.15) is 5.69 Å². The summed E-state index contributed by atoms with van der Waals surface area (Å²) in [6.45, 7) is 3.33. The Hall–Kier alpha value is -3.16. The first-order valence-corrected chi connectivity index (χ1v) is 8.02. The molecule has 1 N–H and O–H groups in total. The molecule has 2 aromatic rings.